The van der Waals surface area contributed by atoms with Crippen molar-refractivity contribution in [2.24, 2.45) is 4.99 Å². The molecule has 3 aromatic carbocycles. The van der Waals surface area contributed by atoms with Gasteiger partial charge in [-0.05, 0) is 101 Å². The third kappa shape index (κ3) is 6.42. The fraction of sp³-hybridized carbons (Fsp3) is 0.371. The molecule has 1 aromatic heterocycles. The number of thiophene rings is 1. The van der Waals surface area contributed by atoms with Gasteiger partial charge < -0.3 is 14.8 Å². The number of aryl methyl sites for hydroxylation is 1. The Bertz CT molecular complexity index is 1600. The quantitative estimate of drug-likeness (QED) is 0.185. The van der Waals surface area contributed by atoms with E-state index in [1.165, 1.54) is 46.9 Å². The van der Waals surface area contributed by atoms with E-state index in [1.54, 1.807) is 11.3 Å². The molecule has 0 bridgehead atoms. The van der Waals surface area contributed by atoms with Gasteiger partial charge in [0.2, 0.25) is 0 Å². The SMILES string of the molecule is CCOc1cc(/C=N/c2sc3c(c2C(=O)NC2CCCCC2)CCCC3)cc(Br)c1OCc1cccc2ccccc12. The van der Waals surface area contributed by atoms with Gasteiger partial charge in [0.05, 0.1) is 16.6 Å². The molecule has 1 saturated carbocycles. The van der Waals surface area contributed by atoms with Crippen LogP contribution in [0, 0.1) is 0 Å². The first-order valence-corrected chi connectivity index (χ1v) is 16.8. The van der Waals surface area contributed by atoms with Crippen LogP contribution in [-0.2, 0) is 19.4 Å². The lowest BCUT2D eigenvalue weighted by atomic mass is 9.93. The van der Waals surface area contributed by atoms with Crippen molar-refractivity contribution in [1.82, 2.24) is 5.32 Å². The van der Waals surface area contributed by atoms with E-state index in [2.05, 4.69) is 63.7 Å². The maximum absolute atomic E-state index is 13.6. The standard InChI is InChI=1S/C35H37BrN2O3S/c1-2-40-30-20-23(19-29(36)33(30)41-22-25-13-10-12-24-11-6-7-16-27(24)25)21-37-35-32(28-17-8-9-18-31(28)42-35)34(39)38-26-14-4-3-5-15-26/h6-7,10-13,16,19-21,26H,2-5,8-9,14-15,17-18,22H2,1H3,(H,38,39)/b37-21+. The molecule has 1 fully saturated rings. The average Bonchev–Trinajstić information content (AvgIpc) is 3.39. The molecular formula is C35H37BrN2O3S. The Labute approximate surface area is 260 Å². The number of nitrogens with one attached hydrogen (secondary N) is 1. The van der Waals surface area contributed by atoms with Crippen molar-refractivity contribution in [1.29, 1.82) is 0 Å². The molecule has 42 heavy (non-hydrogen) atoms. The molecule has 0 spiro atoms. The minimum atomic E-state index is 0.0434. The maximum Gasteiger partial charge on any atom is 0.254 e. The summed E-state index contributed by atoms with van der Waals surface area (Å²) in [5.74, 6) is 1.37. The smallest absolute Gasteiger partial charge is 0.254 e. The molecule has 7 heteroatoms. The molecule has 0 radical (unpaired) electrons. The molecule has 5 nitrogen and oxygen atoms in total. The van der Waals surface area contributed by atoms with Crippen molar-refractivity contribution in [2.45, 2.75) is 77.4 Å². The zero-order valence-electron chi connectivity index (χ0n) is 24.1. The van der Waals surface area contributed by atoms with E-state index in [4.69, 9.17) is 14.5 Å². The number of amides is 1. The minimum Gasteiger partial charge on any atom is -0.490 e. The Hall–Kier alpha value is -3.16. The number of carbonyl (C=O) groups is 1. The molecule has 218 valence electrons. The second-order valence-electron chi connectivity index (χ2n) is 11.1. The predicted octanol–water partition coefficient (Wildman–Crippen LogP) is 9.33. The summed E-state index contributed by atoms with van der Waals surface area (Å²) in [4.78, 5) is 19.8. The number of nitrogens with zero attached hydrogens (tertiary/aromatic N) is 1. The van der Waals surface area contributed by atoms with Gasteiger partial charge in [-0.25, -0.2) is 4.99 Å². The van der Waals surface area contributed by atoms with Crippen LogP contribution >= 0.6 is 27.3 Å². The van der Waals surface area contributed by atoms with Gasteiger partial charge in [0.25, 0.3) is 5.91 Å². The first-order chi connectivity index (χ1) is 20.6. The molecule has 0 saturated heterocycles. The molecule has 0 atom stereocenters. The van der Waals surface area contributed by atoms with Gasteiger partial charge in [-0.2, -0.15) is 0 Å². The monoisotopic (exact) mass is 644 g/mol. The molecule has 0 aliphatic heterocycles. The number of rotatable bonds is 9. The number of carbonyl (C=O) groups excluding carboxylic acids is 1. The summed E-state index contributed by atoms with van der Waals surface area (Å²) in [6.07, 6.45) is 11.9. The van der Waals surface area contributed by atoms with Gasteiger partial charge in [0.15, 0.2) is 11.5 Å². The van der Waals surface area contributed by atoms with E-state index in [-0.39, 0.29) is 11.9 Å². The lowest BCUT2D eigenvalue weighted by Crippen LogP contribution is -2.36. The van der Waals surface area contributed by atoms with Crippen molar-refractivity contribution in [3.63, 3.8) is 0 Å². The number of hydrogen-bond acceptors (Lipinski definition) is 5. The zero-order valence-corrected chi connectivity index (χ0v) is 26.5. The highest BCUT2D eigenvalue weighted by Crippen LogP contribution is 2.41. The van der Waals surface area contributed by atoms with E-state index in [9.17, 15) is 4.79 Å². The van der Waals surface area contributed by atoms with E-state index in [0.29, 0.717) is 24.7 Å². The van der Waals surface area contributed by atoms with Gasteiger partial charge in [0, 0.05) is 17.1 Å². The normalized spacial score (nSPS) is 15.6. The van der Waals surface area contributed by atoms with Gasteiger partial charge in [-0.1, -0.05) is 61.7 Å². The number of aliphatic imine (C=N–C) groups is 1. The van der Waals surface area contributed by atoms with Crippen LogP contribution in [-0.4, -0.2) is 24.8 Å². The molecule has 1 N–H and O–H groups in total. The number of halogens is 1. The number of ether oxygens (including phenoxy) is 2. The summed E-state index contributed by atoms with van der Waals surface area (Å²) in [5, 5.41) is 6.52. The Morgan fingerprint density at radius 3 is 2.69 bits per heavy atom. The molecule has 2 aliphatic rings. The van der Waals surface area contributed by atoms with Gasteiger partial charge in [0.1, 0.15) is 11.6 Å². The van der Waals surface area contributed by atoms with E-state index >= 15 is 0 Å². The molecule has 1 amide bonds. The molecule has 2 aliphatic carbocycles. The number of hydrogen-bond donors (Lipinski definition) is 1. The van der Waals surface area contributed by atoms with Crippen LogP contribution in [0.5, 0.6) is 11.5 Å². The zero-order chi connectivity index (χ0) is 28.9. The van der Waals surface area contributed by atoms with Crippen LogP contribution in [0.1, 0.15) is 83.8 Å². The Kier molecular flexibility index (Phi) is 9.25. The fourth-order valence-electron chi connectivity index (χ4n) is 6.15. The second kappa shape index (κ2) is 13.4. The summed E-state index contributed by atoms with van der Waals surface area (Å²) < 4.78 is 13.2. The Balaban J connectivity index is 1.26. The average molecular weight is 646 g/mol. The van der Waals surface area contributed by atoms with Crippen molar-refractivity contribution >= 4 is 55.2 Å². The van der Waals surface area contributed by atoms with Crippen molar-refractivity contribution in [3.05, 3.63) is 86.2 Å². The van der Waals surface area contributed by atoms with E-state index < -0.39 is 0 Å². The van der Waals surface area contributed by atoms with Crippen LogP contribution in [0.3, 0.4) is 0 Å². The maximum atomic E-state index is 13.6. The predicted molar refractivity (Wildman–Crippen MR) is 176 cm³/mol. The number of benzene rings is 3. The first-order valence-electron chi connectivity index (χ1n) is 15.2. The third-order valence-corrected chi connectivity index (χ3v) is 10.0. The topological polar surface area (TPSA) is 59.9 Å². The summed E-state index contributed by atoms with van der Waals surface area (Å²) in [6, 6.07) is 18.8. The highest BCUT2D eigenvalue weighted by Gasteiger charge is 2.27. The summed E-state index contributed by atoms with van der Waals surface area (Å²) >= 11 is 5.40. The van der Waals surface area contributed by atoms with Gasteiger partial charge in [-0.3, -0.25) is 4.79 Å². The van der Waals surface area contributed by atoms with Crippen LogP contribution in [0.15, 0.2) is 64.1 Å². The number of fused-ring (bicyclic) bond motifs is 2. The van der Waals surface area contributed by atoms with Crippen LogP contribution < -0.4 is 14.8 Å². The summed E-state index contributed by atoms with van der Waals surface area (Å²) in [6.45, 7) is 2.91. The summed E-state index contributed by atoms with van der Waals surface area (Å²) in [7, 11) is 0. The third-order valence-electron chi connectivity index (χ3n) is 8.23. The van der Waals surface area contributed by atoms with Crippen molar-refractivity contribution in [3.8, 4) is 11.5 Å². The largest absolute Gasteiger partial charge is 0.490 e. The first kappa shape index (κ1) is 28.9. The van der Waals surface area contributed by atoms with Crippen molar-refractivity contribution < 1.29 is 14.3 Å². The lowest BCUT2D eigenvalue weighted by Gasteiger charge is -2.23. The summed E-state index contributed by atoms with van der Waals surface area (Å²) in [5.41, 5.74) is 4.00. The van der Waals surface area contributed by atoms with Crippen LogP contribution in [0.25, 0.3) is 10.8 Å². The minimum absolute atomic E-state index is 0.0434. The van der Waals surface area contributed by atoms with Gasteiger partial charge >= 0.3 is 0 Å². The molecule has 6 rings (SSSR count). The highest BCUT2D eigenvalue weighted by atomic mass is 79.9. The lowest BCUT2D eigenvalue weighted by molar-refractivity contribution is 0.0927. The van der Waals surface area contributed by atoms with Crippen LogP contribution in [0.4, 0.5) is 5.00 Å². The van der Waals surface area contributed by atoms with E-state index in [1.807, 2.05) is 25.3 Å². The second-order valence-corrected chi connectivity index (χ2v) is 13.1. The van der Waals surface area contributed by atoms with Crippen LogP contribution in [0.2, 0.25) is 0 Å². The highest BCUT2D eigenvalue weighted by molar-refractivity contribution is 9.10. The van der Waals surface area contributed by atoms with Crippen molar-refractivity contribution in [2.75, 3.05) is 6.61 Å². The molecule has 0 unspecified atom stereocenters. The van der Waals surface area contributed by atoms with E-state index in [0.717, 1.165) is 58.3 Å². The molecule has 1 heterocycles. The molecular weight excluding hydrogens is 608 g/mol. The molecule has 4 aromatic rings. The van der Waals surface area contributed by atoms with Gasteiger partial charge in [-0.15, -0.1) is 11.3 Å². The Morgan fingerprint density at radius 1 is 1.02 bits per heavy atom. The Morgan fingerprint density at radius 2 is 1.83 bits per heavy atom. The fourth-order valence-corrected chi connectivity index (χ4v) is 7.95.